The van der Waals surface area contributed by atoms with E-state index in [9.17, 15) is 0 Å². The number of rotatable bonds is 3. The Bertz CT molecular complexity index is 647. The zero-order chi connectivity index (χ0) is 14.0. The Morgan fingerprint density at radius 3 is 2.53 bits per heavy atom. The highest BCUT2D eigenvalue weighted by Gasteiger charge is 2.07. The number of benzene rings is 2. The van der Waals surface area contributed by atoms with Gasteiger partial charge in [0.15, 0.2) is 0 Å². The number of halogens is 3. The quantitative estimate of drug-likeness (QED) is 0.667. The van der Waals surface area contributed by atoms with E-state index in [0.29, 0.717) is 10.0 Å². The van der Waals surface area contributed by atoms with Gasteiger partial charge >= 0.3 is 0 Å². The topological polar surface area (TPSA) is 38.0 Å². The predicted octanol–water partition coefficient (Wildman–Crippen LogP) is 5.24. The third-order valence-corrected chi connectivity index (χ3v) is 4.37. The third-order valence-electron chi connectivity index (χ3n) is 2.45. The molecule has 0 aliphatic rings. The van der Waals surface area contributed by atoms with Crippen LogP contribution in [0, 0.1) is 0 Å². The van der Waals surface area contributed by atoms with E-state index < -0.39 is 0 Å². The molecule has 98 valence electrons. The second-order valence-electron chi connectivity index (χ2n) is 3.81. The molecule has 2 rings (SSSR count). The van der Waals surface area contributed by atoms with Crippen LogP contribution in [0.15, 0.2) is 45.3 Å². The van der Waals surface area contributed by atoms with E-state index in [1.807, 2.05) is 36.4 Å². The van der Waals surface area contributed by atoms with Crippen molar-refractivity contribution in [3.05, 3.63) is 55.9 Å². The first-order valence-electron chi connectivity index (χ1n) is 5.29. The maximum absolute atomic E-state index is 5.96. The summed E-state index contributed by atoms with van der Waals surface area (Å²) in [6.07, 6.45) is 0. The molecule has 3 N–H and O–H groups in total. The lowest BCUT2D eigenvalue weighted by Crippen LogP contribution is -2.12. The summed E-state index contributed by atoms with van der Waals surface area (Å²) in [5.74, 6) is 0. The van der Waals surface area contributed by atoms with Gasteiger partial charge in [-0.1, -0.05) is 39.7 Å². The average molecular weight is 421 g/mol. The zero-order valence-corrected chi connectivity index (χ0v) is 14.3. The Kier molecular flexibility index (Phi) is 4.84. The fourth-order valence-electron chi connectivity index (χ4n) is 1.56. The van der Waals surface area contributed by atoms with Gasteiger partial charge in [0.1, 0.15) is 4.99 Å². The third kappa shape index (κ3) is 3.69. The first kappa shape index (κ1) is 14.8. The van der Waals surface area contributed by atoms with Gasteiger partial charge in [0, 0.05) is 25.9 Å². The van der Waals surface area contributed by atoms with Gasteiger partial charge in [-0.3, -0.25) is 0 Å². The van der Waals surface area contributed by atoms with Gasteiger partial charge in [-0.05, 0) is 52.3 Å². The molecule has 6 heteroatoms. The van der Waals surface area contributed by atoms with Crippen LogP contribution in [0.25, 0.3) is 0 Å². The molecule has 0 aromatic heterocycles. The number of anilines is 2. The number of thiocarbonyl (C=S) groups is 1. The molecule has 0 bridgehead atoms. The lowest BCUT2D eigenvalue weighted by Gasteiger charge is -2.12. The molecule has 2 aromatic rings. The standard InChI is InChI=1S/C13H9Br2ClN2S/c14-7-1-4-12(9(5-7)13(17)19)18-8-2-3-11(16)10(15)6-8/h1-6,18H,(H2,17,19). The van der Waals surface area contributed by atoms with Gasteiger partial charge in [-0.2, -0.15) is 0 Å². The number of nitrogens with two attached hydrogens (primary N) is 1. The molecule has 0 aliphatic carbocycles. The van der Waals surface area contributed by atoms with Crippen LogP contribution in [0.1, 0.15) is 5.56 Å². The van der Waals surface area contributed by atoms with Crippen molar-refractivity contribution >= 4 is 72.0 Å². The second kappa shape index (κ2) is 6.22. The summed E-state index contributed by atoms with van der Waals surface area (Å²) in [6.45, 7) is 0. The summed E-state index contributed by atoms with van der Waals surface area (Å²) in [7, 11) is 0. The maximum Gasteiger partial charge on any atom is 0.106 e. The second-order valence-corrected chi connectivity index (χ2v) is 6.43. The van der Waals surface area contributed by atoms with E-state index in [1.165, 1.54) is 0 Å². The fourth-order valence-corrected chi connectivity index (χ4v) is 2.59. The highest BCUT2D eigenvalue weighted by Crippen LogP contribution is 2.29. The fraction of sp³-hybridized carbons (Fsp3) is 0. The molecule has 0 saturated carbocycles. The normalized spacial score (nSPS) is 10.3. The monoisotopic (exact) mass is 418 g/mol. The van der Waals surface area contributed by atoms with E-state index in [-0.39, 0.29) is 0 Å². The molecule has 2 aromatic carbocycles. The first-order chi connectivity index (χ1) is 8.97. The lowest BCUT2D eigenvalue weighted by molar-refractivity contribution is 1.50. The van der Waals surface area contributed by atoms with Gasteiger partial charge in [-0.25, -0.2) is 0 Å². The SMILES string of the molecule is NC(=S)c1cc(Br)ccc1Nc1ccc(Cl)c(Br)c1. The van der Waals surface area contributed by atoms with Crippen LogP contribution in [-0.2, 0) is 0 Å². The molecule has 0 radical (unpaired) electrons. The van der Waals surface area contributed by atoms with E-state index >= 15 is 0 Å². The van der Waals surface area contributed by atoms with E-state index in [0.717, 1.165) is 25.9 Å². The highest BCUT2D eigenvalue weighted by atomic mass is 79.9. The largest absolute Gasteiger partial charge is 0.389 e. The summed E-state index contributed by atoms with van der Waals surface area (Å²) >= 11 is 17.8. The van der Waals surface area contributed by atoms with Crippen molar-refractivity contribution < 1.29 is 0 Å². The van der Waals surface area contributed by atoms with Crippen molar-refractivity contribution in [1.29, 1.82) is 0 Å². The molecule has 19 heavy (non-hydrogen) atoms. The van der Waals surface area contributed by atoms with E-state index in [1.54, 1.807) is 0 Å². The number of hydrogen-bond donors (Lipinski definition) is 2. The molecule has 0 fully saturated rings. The van der Waals surface area contributed by atoms with Gasteiger partial charge in [0.25, 0.3) is 0 Å². The van der Waals surface area contributed by atoms with Gasteiger partial charge < -0.3 is 11.1 Å². The van der Waals surface area contributed by atoms with Crippen molar-refractivity contribution in [2.24, 2.45) is 5.73 Å². The molecule has 0 atom stereocenters. The van der Waals surface area contributed by atoms with Crippen molar-refractivity contribution in [1.82, 2.24) is 0 Å². The minimum Gasteiger partial charge on any atom is -0.389 e. The molecule has 2 nitrogen and oxygen atoms in total. The van der Waals surface area contributed by atoms with E-state index in [2.05, 4.69) is 37.2 Å². The minimum absolute atomic E-state index is 0.344. The van der Waals surface area contributed by atoms with Gasteiger partial charge in [-0.15, -0.1) is 0 Å². The summed E-state index contributed by atoms with van der Waals surface area (Å²) < 4.78 is 1.76. The van der Waals surface area contributed by atoms with Crippen LogP contribution < -0.4 is 11.1 Å². The first-order valence-corrected chi connectivity index (χ1v) is 7.66. The summed E-state index contributed by atoms with van der Waals surface area (Å²) in [5, 5.41) is 3.94. The highest BCUT2D eigenvalue weighted by molar-refractivity contribution is 9.10. The molecule has 0 saturated heterocycles. The Balaban J connectivity index is 2.37. The number of nitrogens with one attached hydrogen (secondary N) is 1. The predicted molar refractivity (Wildman–Crippen MR) is 92.5 cm³/mol. The minimum atomic E-state index is 0.344. The molecule has 0 unspecified atom stereocenters. The van der Waals surface area contributed by atoms with Crippen LogP contribution in [0.3, 0.4) is 0 Å². The van der Waals surface area contributed by atoms with Crippen molar-refractivity contribution in [2.75, 3.05) is 5.32 Å². The summed E-state index contributed by atoms with van der Waals surface area (Å²) in [5.41, 5.74) is 8.27. The summed E-state index contributed by atoms with van der Waals surface area (Å²) in [6, 6.07) is 11.3. The van der Waals surface area contributed by atoms with Crippen LogP contribution in [0.2, 0.25) is 5.02 Å². The maximum atomic E-state index is 5.96. The van der Waals surface area contributed by atoms with Crippen molar-refractivity contribution in [2.45, 2.75) is 0 Å². The van der Waals surface area contributed by atoms with Gasteiger partial charge in [0.2, 0.25) is 0 Å². The van der Waals surface area contributed by atoms with E-state index in [4.69, 9.17) is 29.6 Å². The smallest absolute Gasteiger partial charge is 0.106 e. The molecule has 0 heterocycles. The Hall–Kier alpha value is -0.620. The van der Waals surface area contributed by atoms with Crippen LogP contribution in [0.4, 0.5) is 11.4 Å². The summed E-state index contributed by atoms with van der Waals surface area (Å²) in [4.78, 5) is 0.344. The Morgan fingerprint density at radius 1 is 1.16 bits per heavy atom. The Labute approximate surface area is 138 Å². The van der Waals surface area contributed by atoms with Crippen LogP contribution in [-0.4, -0.2) is 4.99 Å². The zero-order valence-electron chi connectivity index (χ0n) is 9.58. The van der Waals surface area contributed by atoms with Crippen LogP contribution >= 0.6 is 55.7 Å². The molecule has 0 aliphatic heterocycles. The lowest BCUT2D eigenvalue weighted by atomic mass is 10.1. The molecular formula is C13H9Br2ClN2S. The molecule has 0 spiro atoms. The van der Waals surface area contributed by atoms with Crippen LogP contribution in [0.5, 0.6) is 0 Å². The van der Waals surface area contributed by atoms with Crippen molar-refractivity contribution in [3.8, 4) is 0 Å². The van der Waals surface area contributed by atoms with Crippen molar-refractivity contribution in [3.63, 3.8) is 0 Å². The number of hydrogen-bond acceptors (Lipinski definition) is 2. The molecule has 0 amide bonds. The molecular weight excluding hydrogens is 411 g/mol. The Morgan fingerprint density at radius 2 is 1.89 bits per heavy atom. The average Bonchev–Trinajstić information content (AvgIpc) is 2.36. The van der Waals surface area contributed by atoms with Gasteiger partial charge in [0.05, 0.1) is 5.02 Å².